The van der Waals surface area contributed by atoms with Gasteiger partial charge in [0.1, 0.15) is 29.4 Å². The van der Waals surface area contributed by atoms with Gasteiger partial charge in [0.25, 0.3) is 0 Å². The molecule has 0 atom stereocenters. The molecular formula is C27H28ClFN8O2. The number of halogens is 2. The molecule has 0 aromatic carbocycles. The predicted octanol–water partition coefficient (Wildman–Crippen LogP) is 3.70. The van der Waals surface area contributed by atoms with E-state index in [1.54, 1.807) is 16.8 Å². The summed E-state index contributed by atoms with van der Waals surface area (Å²) in [4.78, 5) is 20.2. The van der Waals surface area contributed by atoms with Crippen molar-refractivity contribution in [1.29, 1.82) is 0 Å². The zero-order chi connectivity index (χ0) is 27.1. The van der Waals surface area contributed by atoms with Gasteiger partial charge in [0.2, 0.25) is 5.91 Å². The summed E-state index contributed by atoms with van der Waals surface area (Å²) in [6.45, 7) is 8.98. The van der Waals surface area contributed by atoms with Crippen LogP contribution in [0.15, 0.2) is 49.4 Å². The van der Waals surface area contributed by atoms with Gasteiger partial charge in [0, 0.05) is 44.0 Å². The SMILES string of the molecule is C=CC(=O)N1CCN(C2CC(n3nnc(-c4cc(OCc5ccc(F)cn5)c5c(Cl)cnn5c4)c3C)C2)CC1. The molecule has 202 valence electrons. The number of hydrogen-bond donors (Lipinski definition) is 0. The van der Waals surface area contributed by atoms with Crippen molar-refractivity contribution in [3.63, 3.8) is 0 Å². The van der Waals surface area contributed by atoms with E-state index in [9.17, 15) is 9.18 Å². The van der Waals surface area contributed by atoms with Gasteiger partial charge in [-0.15, -0.1) is 5.10 Å². The predicted molar refractivity (Wildman–Crippen MR) is 143 cm³/mol. The van der Waals surface area contributed by atoms with E-state index >= 15 is 0 Å². The number of rotatable bonds is 7. The molecule has 6 rings (SSSR count). The van der Waals surface area contributed by atoms with Gasteiger partial charge in [-0.3, -0.25) is 14.7 Å². The Morgan fingerprint density at radius 3 is 2.72 bits per heavy atom. The maximum atomic E-state index is 13.2. The van der Waals surface area contributed by atoms with Crippen molar-refractivity contribution in [3.8, 4) is 17.0 Å². The third kappa shape index (κ3) is 4.87. The number of fused-ring (bicyclic) bond motifs is 1. The number of carbonyl (C=O) groups is 1. The molecule has 0 bridgehead atoms. The molecule has 2 aliphatic rings. The highest BCUT2D eigenvalue weighted by atomic mass is 35.5. The summed E-state index contributed by atoms with van der Waals surface area (Å²) in [6.07, 6.45) is 7.95. The van der Waals surface area contributed by atoms with Crippen LogP contribution in [0.2, 0.25) is 5.02 Å². The van der Waals surface area contributed by atoms with Gasteiger partial charge in [-0.2, -0.15) is 5.10 Å². The Hall–Kier alpha value is -3.83. The molecule has 0 radical (unpaired) electrons. The number of hydrogen-bond acceptors (Lipinski definition) is 7. The number of piperazine rings is 1. The van der Waals surface area contributed by atoms with E-state index in [1.807, 2.05) is 28.8 Å². The summed E-state index contributed by atoms with van der Waals surface area (Å²) < 4.78 is 23.0. The topological polar surface area (TPSA) is 93.7 Å². The van der Waals surface area contributed by atoms with Crippen LogP contribution in [0.25, 0.3) is 16.8 Å². The lowest BCUT2D eigenvalue weighted by Crippen LogP contribution is -2.55. The smallest absolute Gasteiger partial charge is 0.246 e. The van der Waals surface area contributed by atoms with Crippen LogP contribution in [0.4, 0.5) is 4.39 Å². The van der Waals surface area contributed by atoms with Crippen LogP contribution in [0.5, 0.6) is 5.75 Å². The first kappa shape index (κ1) is 25.4. The van der Waals surface area contributed by atoms with Crippen LogP contribution in [0.3, 0.4) is 0 Å². The van der Waals surface area contributed by atoms with Crippen molar-refractivity contribution in [3.05, 3.63) is 71.7 Å². The van der Waals surface area contributed by atoms with Crippen molar-refractivity contribution >= 4 is 23.0 Å². The molecule has 0 N–H and O–H groups in total. The van der Waals surface area contributed by atoms with Gasteiger partial charge in [-0.25, -0.2) is 13.6 Å². The second kappa shape index (κ2) is 10.4. The zero-order valence-electron chi connectivity index (χ0n) is 21.5. The van der Waals surface area contributed by atoms with Crippen molar-refractivity contribution in [2.45, 2.75) is 38.5 Å². The fourth-order valence-corrected chi connectivity index (χ4v) is 5.60. The van der Waals surface area contributed by atoms with Crippen molar-refractivity contribution < 1.29 is 13.9 Å². The average molecular weight is 551 g/mol. The third-order valence-electron chi connectivity index (χ3n) is 7.65. The minimum atomic E-state index is -0.402. The Bertz CT molecular complexity index is 1520. The summed E-state index contributed by atoms with van der Waals surface area (Å²) in [5.41, 5.74) is 3.72. The number of amides is 1. The molecule has 5 heterocycles. The van der Waals surface area contributed by atoms with Crippen LogP contribution in [-0.2, 0) is 11.4 Å². The highest BCUT2D eigenvalue weighted by molar-refractivity contribution is 6.34. The summed E-state index contributed by atoms with van der Waals surface area (Å²) in [7, 11) is 0. The minimum absolute atomic E-state index is 0.00292. The maximum absolute atomic E-state index is 13.2. The molecule has 2 fully saturated rings. The Morgan fingerprint density at radius 2 is 2.00 bits per heavy atom. The number of aromatic nitrogens is 6. The van der Waals surface area contributed by atoms with Crippen LogP contribution >= 0.6 is 11.6 Å². The quantitative estimate of drug-likeness (QED) is 0.324. The molecule has 1 saturated carbocycles. The number of carbonyl (C=O) groups excluding carboxylic acids is 1. The molecule has 10 nitrogen and oxygen atoms in total. The number of pyridine rings is 2. The van der Waals surface area contributed by atoms with Gasteiger partial charge in [-0.1, -0.05) is 23.4 Å². The first-order valence-electron chi connectivity index (χ1n) is 12.9. The lowest BCUT2D eigenvalue weighted by Gasteiger charge is -2.46. The van der Waals surface area contributed by atoms with E-state index in [-0.39, 0.29) is 18.6 Å². The fraction of sp³-hybridized carbons (Fsp3) is 0.370. The molecule has 1 aliphatic carbocycles. The molecule has 0 unspecified atom stereocenters. The summed E-state index contributed by atoms with van der Waals surface area (Å²) >= 11 is 6.40. The molecule has 0 spiro atoms. The fourth-order valence-electron chi connectivity index (χ4n) is 5.38. The Labute approximate surface area is 229 Å². The number of ether oxygens (including phenoxy) is 1. The van der Waals surface area contributed by atoms with E-state index in [1.165, 1.54) is 12.1 Å². The Balaban J connectivity index is 1.17. The van der Waals surface area contributed by atoms with Crippen LogP contribution in [0, 0.1) is 12.7 Å². The zero-order valence-corrected chi connectivity index (χ0v) is 22.3. The van der Waals surface area contributed by atoms with Gasteiger partial charge >= 0.3 is 0 Å². The van der Waals surface area contributed by atoms with E-state index in [0.29, 0.717) is 28.0 Å². The standard InChI is InChI=1S/C27H28ClFN8O2/c1-3-25(38)35-8-6-34(7-9-35)21-11-22(12-21)37-17(2)26(32-33-37)18-10-24(27-23(28)14-31-36(27)15-18)39-16-20-5-4-19(29)13-30-20/h3-5,10,13-15,21-22H,1,6-9,11-12,16H2,2H3. The van der Waals surface area contributed by atoms with E-state index in [0.717, 1.165) is 62.2 Å². The minimum Gasteiger partial charge on any atom is -0.485 e. The molecule has 1 aliphatic heterocycles. The van der Waals surface area contributed by atoms with Gasteiger partial charge in [0.05, 0.1) is 34.8 Å². The van der Waals surface area contributed by atoms with E-state index in [2.05, 4.69) is 31.9 Å². The molecule has 4 aromatic heterocycles. The maximum Gasteiger partial charge on any atom is 0.246 e. The van der Waals surface area contributed by atoms with Crippen molar-refractivity contribution in [1.82, 2.24) is 39.4 Å². The molecule has 1 amide bonds. The normalized spacial score (nSPS) is 19.7. The molecule has 1 saturated heterocycles. The number of nitrogens with zero attached hydrogens (tertiary/aromatic N) is 8. The molecule has 12 heteroatoms. The lowest BCUT2D eigenvalue weighted by atomic mass is 9.85. The van der Waals surface area contributed by atoms with Crippen LogP contribution in [-0.4, -0.2) is 77.5 Å². The van der Waals surface area contributed by atoms with Gasteiger partial charge in [-0.05, 0) is 44.0 Å². The second-order valence-electron chi connectivity index (χ2n) is 9.95. The van der Waals surface area contributed by atoms with Crippen molar-refractivity contribution in [2.75, 3.05) is 26.2 Å². The highest BCUT2D eigenvalue weighted by Gasteiger charge is 2.38. The molecule has 4 aromatic rings. The average Bonchev–Trinajstić information content (AvgIpc) is 3.49. The summed E-state index contributed by atoms with van der Waals surface area (Å²) in [6, 6.07) is 5.55. The summed E-state index contributed by atoms with van der Waals surface area (Å²) in [5.74, 6) is 0.122. The largest absolute Gasteiger partial charge is 0.485 e. The first-order valence-corrected chi connectivity index (χ1v) is 13.3. The summed E-state index contributed by atoms with van der Waals surface area (Å²) in [5, 5.41) is 13.8. The first-order chi connectivity index (χ1) is 18.9. The van der Waals surface area contributed by atoms with Crippen molar-refractivity contribution in [2.24, 2.45) is 0 Å². The Morgan fingerprint density at radius 1 is 1.21 bits per heavy atom. The molecule has 39 heavy (non-hydrogen) atoms. The second-order valence-corrected chi connectivity index (χ2v) is 10.4. The van der Waals surface area contributed by atoms with Crippen LogP contribution < -0.4 is 4.74 Å². The van der Waals surface area contributed by atoms with E-state index < -0.39 is 5.82 Å². The monoisotopic (exact) mass is 550 g/mol. The van der Waals surface area contributed by atoms with Gasteiger partial charge in [0.15, 0.2) is 0 Å². The highest BCUT2D eigenvalue weighted by Crippen LogP contribution is 2.39. The Kier molecular flexibility index (Phi) is 6.78. The van der Waals surface area contributed by atoms with Crippen LogP contribution in [0.1, 0.15) is 30.3 Å². The van der Waals surface area contributed by atoms with E-state index in [4.69, 9.17) is 16.3 Å². The third-order valence-corrected chi connectivity index (χ3v) is 7.92. The van der Waals surface area contributed by atoms with Gasteiger partial charge < -0.3 is 9.64 Å². The lowest BCUT2D eigenvalue weighted by molar-refractivity contribution is -0.128. The molecular weight excluding hydrogens is 523 g/mol.